The Morgan fingerprint density at radius 2 is 2.10 bits per heavy atom. The van der Waals surface area contributed by atoms with E-state index in [1.165, 1.54) is 29.8 Å². The van der Waals surface area contributed by atoms with Gasteiger partial charge in [-0.15, -0.1) is 35.3 Å². The molecule has 0 amide bonds. The maximum Gasteiger partial charge on any atom is 0.194 e. The zero-order valence-corrected chi connectivity index (χ0v) is 21.7. The number of nitrogens with zero attached hydrogens (tertiary/aromatic N) is 3. The van der Waals surface area contributed by atoms with Gasteiger partial charge >= 0.3 is 0 Å². The SMILES string of the molecule is CCNC(=NCc1ccc(OCCO)c(OC)c1)N(C)Cc1nc2c(s1)CCCC2.I. The van der Waals surface area contributed by atoms with Gasteiger partial charge in [0.2, 0.25) is 0 Å². The first kappa shape index (κ1) is 25.7. The fourth-order valence-electron chi connectivity index (χ4n) is 3.47. The zero-order chi connectivity index (χ0) is 21.3. The van der Waals surface area contributed by atoms with E-state index >= 15 is 0 Å². The molecule has 1 aromatic carbocycles. The number of aryl methyl sites for hydroxylation is 2. The molecule has 2 aromatic rings. The predicted octanol–water partition coefficient (Wildman–Crippen LogP) is 3.62. The number of aliphatic hydroxyl groups is 1. The van der Waals surface area contributed by atoms with Gasteiger partial charge in [0.15, 0.2) is 17.5 Å². The lowest BCUT2D eigenvalue weighted by Crippen LogP contribution is -2.38. The average molecular weight is 561 g/mol. The molecule has 0 saturated carbocycles. The van der Waals surface area contributed by atoms with Crippen molar-refractivity contribution >= 4 is 41.3 Å². The monoisotopic (exact) mass is 560 g/mol. The molecule has 9 heteroatoms. The number of halogens is 1. The summed E-state index contributed by atoms with van der Waals surface area (Å²) >= 11 is 1.84. The second-order valence-corrected chi connectivity index (χ2v) is 8.44. The van der Waals surface area contributed by atoms with Gasteiger partial charge < -0.3 is 24.8 Å². The van der Waals surface area contributed by atoms with Gasteiger partial charge in [-0.1, -0.05) is 6.07 Å². The van der Waals surface area contributed by atoms with Gasteiger partial charge in [-0.2, -0.15) is 0 Å². The van der Waals surface area contributed by atoms with Gasteiger partial charge in [-0.3, -0.25) is 0 Å². The average Bonchev–Trinajstić information content (AvgIpc) is 3.17. The number of aliphatic hydroxyl groups excluding tert-OH is 1. The summed E-state index contributed by atoms with van der Waals surface area (Å²) in [4.78, 5) is 13.2. The van der Waals surface area contributed by atoms with E-state index < -0.39 is 0 Å². The third-order valence-corrected chi connectivity index (χ3v) is 6.09. The van der Waals surface area contributed by atoms with E-state index in [-0.39, 0.29) is 37.2 Å². The number of guanidine groups is 1. The minimum absolute atomic E-state index is 0. The van der Waals surface area contributed by atoms with Crippen LogP contribution in [0.15, 0.2) is 23.2 Å². The molecule has 172 valence electrons. The maximum absolute atomic E-state index is 8.95. The number of nitrogens with one attached hydrogen (secondary N) is 1. The minimum atomic E-state index is -0.0321. The van der Waals surface area contributed by atoms with Crippen LogP contribution >= 0.6 is 35.3 Å². The van der Waals surface area contributed by atoms with Crippen LogP contribution in [0.5, 0.6) is 11.5 Å². The van der Waals surface area contributed by atoms with Crippen LogP contribution in [0.3, 0.4) is 0 Å². The molecule has 0 atom stereocenters. The lowest BCUT2D eigenvalue weighted by Gasteiger charge is -2.21. The molecule has 0 aliphatic heterocycles. The Bertz CT molecular complexity index is 836. The standard InChI is InChI=1S/C22H32N4O3S.HI/c1-4-23-22(26(2)15-21-25-17-7-5-6-8-20(17)30-21)24-14-16-9-10-18(29-12-11-27)19(13-16)28-3;/h9-10,13,27H,4-8,11-12,14-15H2,1-3H3,(H,23,24);1H. The predicted molar refractivity (Wildman–Crippen MR) is 136 cm³/mol. The smallest absolute Gasteiger partial charge is 0.194 e. The van der Waals surface area contributed by atoms with Crippen LogP contribution in [-0.4, -0.2) is 54.9 Å². The van der Waals surface area contributed by atoms with E-state index in [0.29, 0.717) is 18.0 Å². The molecule has 1 aliphatic rings. The van der Waals surface area contributed by atoms with Crippen LogP contribution in [0.25, 0.3) is 0 Å². The summed E-state index contributed by atoms with van der Waals surface area (Å²) in [5.41, 5.74) is 2.32. The lowest BCUT2D eigenvalue weighted by molar-refractivity contribution is 0.196. The normalized spacial score (nSPS) is 13.2. The first-order valence-corrected chi connectivity index (χ1v) is 11.3. The Labute approximate surface area is 205 Å². The summed E-state index contributed by atoms with van der Waals surface area (Å²) in [7, 11) is 3.66. The van der Waals surface area contributed by atoms with Crippen LogP contribution < -0.4 is 14.8 Å². The van der Waals surface area contributed by atoms with Crippen molar-refractivity contribution in [1.82, 2.24) is 15.2 Å². The molecule has 1 heterocycles. The molecule has 0 saturated heterocycles. The molecule has 0 bridgehead atoms. The van der Waals surface area contributed by atoms with Crippen LogP contribution in [0.2, 0.25) is 0 Å². The van der Waals surface area contributed by atoms with Gasteiger partial charge in [-0.05, 0) is 50.3 Å². The van der Waals surface area contributed by atoms with Crippen molar-refractivity contribution in [3.63, 3.8) is 0 Å². The van der Waals surface area contributed by atoms with E-state index in [9.17, 15) is 0 Å². The fourth-order valence-corrected chi connectivity index (χ4v) is 4.68. The van der Waals surface area contributed by atoms with Crippen molar-refractivity contribution in [2.45, 2.75) is 45.7 Å². The highest BCUT2D eigenvalue weighted by Crippen LogP contribution is 2.29. The van der Waals surface area contributed by atoms with E-state index in [0.717, 1.165) is 36.0 Å². The molecule has 3 rings (SSSR count). The Morgan fingerprint density at radius 3 is 2.81 bits per heavy atom. The molecule has 7 nitrogen and oxygen atoms in total. The van der Waals surface area contributed by atoms with E-state index in [1.807, 2.05) is 36.6 Å². The molecule has 0 radical (unpaired) electrons. The maximum atomic E-state index is 8.95. The molecule has 1 aromatic heterocycles. The number of thiazole rings is 1. The van der Waals surface area contributed by atoms with Gasteiger partial charge in [0.25, 0.3) is 0 Å². The molecule has 1 aliphatic carbocycles. The Kier molecular flexibility index (Phi) is 10.8. The van der Waals surface area contributed by atoms with Gasteiger partial charge in [0.05, 0.1) is 32.5 Å². The molecular weight excluding hydrogens is 527 g/mol. The molecule has 0 spiro atoms. The first-order valence-electron chi connectivity index (χ1n) is 10.5. The van der Waals surface area contributed by atoms with Gasteiger partial charge in [0, 0.05) is 18.5 Å². The van der Waals surface area contributed by atoms with Crippen LogP contribution in [0.1, 0.15) is 40.9 Å². The quantitative estimate of drug-likeness (QED) is 0.277. The molecular formula is C22H33IN4O3S. The summed E-state index contributed by atoms with van der Waals surface area (Å²) in [6, 6.07) is 5.75. The summed E-state index contributed by atoms with van der Waals surface area (Å²) in [6.45, 7) is 4.36. The summed E-state index contributed by atoms with van der Waals surface area (Å²) in [6.07, 6.45) is 4.82. The molecule has 2 N–H and O–H groups in total. The molecule has 31 heavy (non-hydrogen) atoms. The number of ether oxygens (including phenoxy) is 2. The first-order chi connectivity index (χ1) is 14.6. The third-order valence-electron chi connectivity index (χ3n) is 4.95. The lowest BCUT2D eigenvalue weighted by atomic mass is 10.0. The Balaban J connectivity index is 0.00000341. The summed E-state index contributed by atoms with van der Waals surface area (Å²) in [5.74, 6) is 2.11. The van der Waals surface area contributed by atoms with Crippen molar-refractivity contribution in [3.8, 4) is 11.5 Å². The summed E-state index contributed by atoms with van der Waals surface area (Å²) < 4.78 is 10.9. The largest absolute Gasteiger partial charge is 0.493 e. The number of benzene rings is 1. The number of methoxy groups -OCH3 is 1. The number of hydrogen-bond acceptors (Lipinski definition) is 6. The van der Waals surface area contributed by atoms with Crippen LogP contribution in [-0.2, 0) is 25.9 Å². The molecule has 0 unspecified atom stereocenters. The number of aliphatic imine (C=N–C) groups is 1. The topological polar surface area (TPSA) is 79.2 Å². The minimum Gasteiger partial charge on any atom is -0.493 e. The Hall–Kier alpha value is -1.59. The van der Waals surface area contributed by atoms with Crippen molar-refractivity contribution < 1.29 is 14.6 Å². The summed E-state index contributed by atoms with van der Waals surface area (Å²) in [5, 5.41) is 13.5. The number of rotatable bonds is 9. The highest BCUT2D eigenvalue weighted by atomic mass is 127. The zero-order valence-electron chi connectivity index (χ0n) is 18.5. The fraction of sp³-hybridized carbons (Fsp3) is 0.545. The van der Waals surface area contributed by atoms with Crippen molar-refractivity contribution in [2.24, 2.45) is 4.99 Å². The second-order valence-electron chi connectivity index (χ2n) is 7.27. The van der Waals surface area contributed by atoms with Crippen LogP contribution in [0.4, 0.5) is 0 Å². The highest BCUT2D eigenvalue weighted by Gasteiger charge is 2.17. The highest BCUT2D eigenvalue weighted by molar-refractivity contribution is 14.0. The number of hydrogen-bond donors (Lipinski definition) is 2. The second kappa shape index (κ2) is 13.1. The van der Waals surface area contributed by atoms with E-state index in [1.54, 1.807) is 7.11 Å². The Morgan fingerprint density at radius 1 is 1.29 bits per heavy atom. The third kappa shape index (κ3) is 7.21. The number of aromatic nitrogens is 1. The molecule has 0 fully saturated rings. The van der Waals surface area contributed by atoms with Gasteiger partial charge in [-0.25, -0.2) is 9.98 Å². The number of fused-ring (bicyclic) bond motifs is 1. The van der Waals surface area contributed by atoms with E-state index in [2.05, 4.69) is 17.1 Å². The van der Waals surface area contributed by atoms with E-state index in [4.69, 9.17) is 24.6 Å². The van der Waals surface area contributed by atoms with Crippen molar-refractivity contribution in [3.05, 3.63) is 39.3 Å². The van der Waals surface area contributed by atoms with Crippen molar-refractivity contribution in [1.29, 1.82) is 0 Å². The van der Waals surface area contributed by atoms with Crippen LogP contribution in [0, 0.1) is 0 Å². The van der Waals surface area contributed by atoms with Crippen molar-refractivity contribution in [2.75, 3.05) is 33.9 Å². The van der Waals surface area contributed by atoms with Gasteiger partial charge in [0.1, 0.15) is 11.6 Å².